The molecule has 4 heteroatoms. The summed E-state index contributed by atoms with van der Waals surface area (Å²) in [4.78, 5) is 8.00. The Balaban J connectivity index is 3.01. The van der Waals surface area contributed by atoms with Crippen LogP contribution in [0.15, 0.2) is 12.4 Å². The SMILES string of the molecule is NCc1nccnc1I. The lowest BCUT2D eigenvalue weighted by Crippen LogP contribution is -2.02. The van der Waals surface area contributed by atoms with Gasteiger partial charge in [-0.05, 0) is 22.6 Å². The highest BCUT2D eigenvalue weighted by Gasteiger charge is 1.95. The van der Waals surface area contributed by atoms with Crippen LogP contribution < -0.4 is 5.73 Å². The maximum Gasteiger partial charge on any atom is 0.124 e. The standard InChI is InChI=1S/C5H6IN3/c6-5-4(3-7)8-1-2-9-5/h1-2H,3,7H2. The molecule has 3 nitrogen and oxygen atoms in total. The van der Waals surface area contributed by atoms with Crippen LogP contribution in [0.5, 0.6) is 0 Å². The fourth-order valence-corrected chi connectivity index (χ4v) is 1.01. The highest BCUT2D eigenvalue weighted by molar-refractivity contribution is 14.1. The molecule has 48 valence electrons. The maximum absolute atomic E-state index is 5.34. The Labute approximate surface area is 66.8 Å². The molecule has 0 aliphatic carbocycles. The van der Waals surface area contributed by atoms with Gasteiger partial charge in [-0.3, -0.25) is 4.98 Å². The van der Waals surface area contributed by atoms with Gasteiger partial charge in [-0.2, -0.15) is 0 Å². The van der Waals surface area contributed by atoms with Gasteiger partial charge in [0.15, 0.2) is 0 Å². The van der Waals surface area contributed by atoms with Crippen LogP contribution >= 0.6 is 22.6 Å². The fourth-order valence-electron chi connectivity index (χ4n) is 0.487. The molecule has 0 amide bonds. The summed E-state index contributed by atoms with van der Waals surface area (Å²) in [6.45, 7) is 0.464. The highest BCUT2D eigenvalue weighted by atomic mass is 127. The predicted molar refractivity (Wildman–Crippen MR) is 42.6 cm³/mol. The molecule has 1 rings (SSSR count). The molecule has 0 aliphatic heterocycles. The number of hydrogen-bond acceptors (Lipinski definition) is 3. The first kappa shape index (κ1) is 6.88. The van der Waals surface area contributed by atoms with Crippen LogP contribution in [0.3, 0.4) is 0 Å². The Morgan fingerprint density at radius 3 is 2.56 bits per heavy atom. The number of hydrogen-bond donors (Lipinski definition) is 1. The van der Waals surface area contributed by atoms with Crippen molar-refractivity contribution < 1.29 is 0 Å². The number of rotatable bonds is 1. The van der Waals surface area contributed by atoms with Crippen LogP contribution in [0, 0.1) is 3.70 Å². The summed E-state index contributed by atoms with van der Waals surface area (Å²) in [5.74, 6) is 0. The topological polar surface area (TPSA) is 51.8 Å². The average molecular weight is 235 g/mol. The maximum atomic E-state index is 5.34. The van der Waals surface area contributed by atoms with E-state index in [9.17, 15) is 0 Å². The lowest BCUT2D eigenvalue weighted by molar-refractivity contribution is 0.943. The van der Waals surface area contributed by atoms with E-state index in [1.807, 2.05) is 0 Å². The van der Waals surface area contributed by atoms with E-state index in [-0.39, 0.29) is 0 Å². The van der Waals surface area contributed by atoms with Gasteiger partial charge in [-0.1, -0.05) is 0 Å². The van der Waals surface area contributed by atoms with Crippen LogP contribution in [0.4, 0.5) is 0 Å². The molecule has 1 aromatic rings. The first-order chi connectivity index (χ1) is 4.34. The zero-order valence-corrected chi connectivity index (χ0v) is 6.87. The lowest BCUT2D eigenvalue weighted by Gasteiger charge is -1.94. The van der Waals surface area contributed by atoms with E-state index >= 15 is 0 Å². The van der Waals surface area contributed by atoms with E-state index in [0.29, 0.717) is 6.54 Å². The molecule has 0 radical (unpaired) electrons. The van der Waals surface area contributed by atoms with Crippen LogP contribution in [0.2, 0.25) is 0 Å². The van der Waals surface area contributed by atoms with Gasteiger partial charge in [0.25, 0.3) is 0 Å². The third-order valence-corrected chi connectivity index (χ3v) is 1.82. The molecule has 9 heavy (non-hydrogen) atoms. The molecule has 2 N–H and O–H groups in total. The van der Waals surface area contributed by atoms with Crippen LogP contribution in [-0.2, 0) is 6.54 Å². The van der Waals surface area contributed by atoms with Gasteiger partial charge in [0.1, 0.15) is 3.70 Å². The molecule has 0 aliphatic rings. The number of halogens is 1. The molecule has 0 spiro atoms. The quantitative estimate of drug-likeness (QED) is 0.722. The second kappa shape index (κ2) is 3.07. The van der Waals surface area contributed by atoms with E-state index in [4.69, 9.17) is 5.73 Å². The number of nitrogens with two attached hydrogens (primary N) is 1. The lowest BCUT2D eigenvalue weighted by atomic mass is 10.5. The molecule has 0 aromatic carbocycles. The molecule has 0 atom stereocenters. The largest absolute Gasteiger partial charge is 0.325 e. The van der Waals surface area contributed by atoms with E-state index in [1.165, 1.54) is 0 Å². The van der Waals surface area contributed by atoms with Crippen molar-refractivity contribution in [3.05, 3.63) is 21.8 Å². The second-order valence-electron chi connectivity index (χ2n) is 1.50. The van der Waals surface area contributed by atoms with Gasteiger partial charge >= 0.3 is 0 Å². The van der Waals surface area contributed by atoms with Crippen molar-refractivity contribution in [1.29, 1.82) is 0 Å². The van der Waals surface area contributed by atoms with Crippen LogP contribution in [0.25, 0.3) is 0 Å². The smallest absolute Gasteiger partial charge is 0.124 e. The highest BCUT2D eigenvalue weighted by Crippen LogP contribution is 2.02. The van der Waals surface area contributed by atoms with E-state index in [2.05, 4.69) is 32.6 Å². The number of nitrogens with zero attached hydrogens (tertiary/aromatic N) is 2. The molecular formula is C5H6IN3. The van der Waals surface area contributed by atoms with Crippen molar-refractivity contribution in [3.8, 4) is 0 Å². The summed E-state index contributed by atoms with van der Waals surface area (Å²) in [5, 5.41) is 0. The molecule has 0 fully saturated rings. The number of aromatic nitrogens is 2. The Morgan fingerprint density at radius 1 is 1.44 bits per heavy atom. The average Bonchev–Trinajstić information content (AvgIpc) is 1.89. The summed E-state index contributed by atoms with van der Waals surface area (Å²) < 4.78 is 0.887. The van der Waals surface area contributed by atoms with Gasteiger partial charge in [-0.15, -0.1) is 0 Å². The predicted octanol–water partition coefficient (Wildman–Crippen LogP) is 0.540. The zero-order valence-electron chi connectivity index (χ0n) is 4.71. The summed E-state index contributed by atoms with van der Waals surface area (Å²) in [6.07, 6.45) is 3.30. The van der Waals surface area contributed by atoms with Crippen molar-refractivity contribution >= 4 is 22.6 Å². The van der Waals surface area contributed by atoms with Gasteiger partial charge in [0.2, 0.25) is 0 Å². The fraction of sp³-hybridized carbons (Fsp3) is 0.200. The minimum atomic E-state index is 0.464. The Hall–Kier alpha value is -0.230. The van der Waals surface area contributed by atoms with E-state index in [0.717, 1.165) is 9.39 Å². The normalized spacial score (nSPS) is 9.56. The van der Waals surface area contributed by atoms with Gasteiger partial charge in [0, 0.05) is 18.9 Å². The van der Waals surface area contributed by atoms with E-state index in [1.54, 1.807) is 12.4 Å². The Kier molecular flexibility index (Phi) is 2.35. The van der Waals surface area contributed by atoms with Crippen molar-refractivity contribution in [2.75, 3.05) is 0 Å². The van der Waals surface area contributed by atoms with E-state index < -0.39 is 0 Å². The molecule has 1 heterocycles. The third-order valence-electron chi connectivity index (χ3n) is 0.916. The first-order valence-electron chi connectivity index (χ1n) is 2.50. The van der Waals surface area contributed by atoms with Crippen LogP contribution in [-0.4, -0.2) is 9.97 Å². The second-order valence-corrected chi connectivity index (χ2v) is 2.52. The van der Waals surface area contributed by atoms with Crippen molar-refractivity contribution in [2.45, 2.75) is 6.54 Å². The molecular weight excluding hydrogens is 229 g/mol. The zero-order chi connectivity index (χ0) is 6.69. The minimum absolute atomic E-state index is 0.464. The first-order valence-corrected chi connectivity index (χ1v) is 3.58. The molecule has 0 unspecified atom stereocenters. The molecule has 0 saturated heterocycles. The monoisotopic (exact) mass is 235 g/mol. The summed E-state index contributed by atoms with van der Waals surface area (Å²) in [5.41, 5.74) is 6.20. The molecule has 0 saturated carbocycles. The Bertz CT molecular complexity index is 201. The third kappa shape index (κ3) is 1.59. The molecule has 1 aromatic heterocycles. The Morgan fingerprint density at radius 2 is 2.11 bits per heavy atom. The van der Waals surface area contributed by atoms with Crippen molar-refractivity contribution in [2.24, 2.45) is 5.73 Å². The summed E-state index contributed by atoms with van der Waals surface area (Å²) in [7, 11) is 0. The van der Waals surface area contributed by atoms with Gasteiger partial charge in [0.05, 0.1) is 5.69 Å². The summed E-state index contributed by atoms with van der Waals surface area (Å²) >= 11 is 2.11. The molecule has 0 bridgehead atoms. The minimum Gasteiger partial charge on any atom is -0.325 e. The van der Waals surface area contributed by atoms with Gasteiger partial charge in [-0.25, -0.2) is 4.98 Å². The van der Waals surface area contributed by atoms with Crippen molar-refractivity contribution in [3.63, 3.8) is 0 Å². The van der Waals surface area contributed by atoms with Crippen LogP contribution in [0.1, 0.15) is 5.69 Å². The van der Waals surface area contributed by atoms with Gasteiger partial charge < -0.3 is 5.73 Å². The summed E-state index contributed by atoms with van der Waals surface area (Å²) in [6, 6.07) is 0. The van der Waals surface area contributed by atoms with Crippen molar-refractivity contribution in [1.82, 2.24) is 9.97 Å².